The number of halogens is 5. The van der Waals surface area contributed by atoms with Crippen LogP contribution >= 0.6 is 0 Å². The molecule has 1 aromatic heterocycles. The van der Waals surface area contributed by atoms with Gasteiger partial charge in [-0.25, -0.2) is 13.8 Å². The highest BCUT2D eigenvalue weighted by Crippen LogP contribution is 2.40. The van der Waals surface area contributed by atoms with Crippen molar-refractivity contribution in [2.45, 2.75) is 37.7 Å². The van der Waals surface area contributed by atoms with E-state index >= 15 is 4.39 Å². The van der Waals surface area contributed by atoms with Crippen LogP contribution in [0, 0.1) is 5.82 Å². The first-order valence-corrected chi connectivity index (χ1v) is 13.0. The van der Waals surface area contributed by atoms with Crippen molar-refractivity contribution in [3.63, 3.8) is 0 Å². The second kappa shape index (κ2) is 11.5. The van der Waals surface area contributed by atoms with Crippen LogP contribution in [-0.4, -0.2) is 66.0 Å². The maximum Gasteiger partial charge on any atom is 0.423 e. The first-order chi connectivity index (χ1) is 19.9. The summed E-state index contributed by atoms with van der Waals surface area (Å²) < 4.78 is 81.6. The number of ether oxygens (including phenoxy) is 2. The zero-order valence-electron chi connectivity index (χ0n) is 22.5. The topological polar surface area (TPSA) is 106 Å². The number of likely N-dealkylation sites (tertiary alicyclic amines) is 1. The number of aryl methyl sites for hydroxylation is 1. The number of methoxy groups -OCH3 is 1. The van der Waals surface area contributed by atoms with E-state index in [1.54, 1.807) is 24.1 Å². The van der Waals surface area contributed by atoms with Gasteiger partial charge in [0.2, 0.25) is 11.8 Å². The average molecular weight is 592 g/mol. The molecule has 5 rings (SSSR count). The molecule has 9 nitrogen and oxygen atoms in total. The molecule has 1 aliphatic carbocycles. The zero-order valence-corrected chi connectivity index (χ0v) is 22.5. The van der Waals surface area contributed by atoms with Gasteiger partial charge in [0.15, 0.2) is 5.78 Å². The highest BCUT2D eigenvalue weighted by molar-refractivity contribution is 6.03. The van der Waals surface area contributed by atoms with Crippen LogP contribution in [0.25, 0.3) is 0 Å². The third-order valence-corrected chi connectivity index (χ3v) is 7.12. The molecule has 3 aromatic rings. The fourth-order valence-electron chi connectivity index (χ4n) is 4.94. The molecular formula is C28H26F5N5O4. The second-order valence-corrected chi connectivity index (χ2v) is 10.0. The van der Waals surface area contributed by atoms with Crippen LogP contribution < -0.4 is 20.1 Å². The second-order valence-electron chi connectivity index (χ2n) is 10.0. The standard InChI is InChI=1S/C28H26F5N5O4/c1-38-9-8-19(18(30)13-38)35-25(40)15-10-23(41-2)20(11-17(15)29)36-27-34-12-16(28(31,32)33)26(37-27)42-22-5-3-4-14-6-7-21(39)24(14)22/h3-5,10-12,18-19H,6-9,13H2,1-2H3,(H,35,40)(H,34,36,37)/t18-,19+/m1/s1. The van der Waals surface area contributed by atoms with E-state index in [1.165, 1.54) is 13.2 Å². The van der Waals surface area contributed by atoms with Gasteiger partial charge in [-0.05, 0) is 37.6 Å². The highest BCUT2D eigenvalue weighted by atomic mass is 19.4. The number of carbonyl (C=O) groups excluding carboxylic acids is 2. The maximum atomic E-state index is 15.1. The lowest BCUT2D eigenvalue weighted by Crippen LogP contribution is -2.51. The Morgan fingerprint density at radius 1 is 1.17 bits per heavy atom. The molecule has 0 saturated carbocycles. The van der Waals surface area contributed by atoms with Crippen LogP contribution in [0.1, 0.15) is 44.7 Å². The number of alkyl halides is 4. The van der Waals surface area contributed by atoms with Gasteiger partial charge in [0.25, 0.3) is 5.91 Å². The SMILES string of the molecule is COc1cc(C(=O)N[C@H]2CCN(C)C[C@H]2F)c(F)cc1Nc1ncc(C(F)(F)F)c(Oc2cccc3c2C(=O)CC3)n1. The Labute approximate surface area is 237 Å². The van der Waals surface area contributed by atoms with Gasteiger partial charge in [0, 0.05) is 31.8 Å². The first-order valence-electron chi connectivity index (χ1n) is 13.0. The fraction of sp³-hybridized carbons (Fsp3) is 0.357. The molecule has 42 heavy (non-hydrogen) atoms. The quantitative estimate of drug-likeness (QED) is 0.367. The number of amides is 1. The zero-order chi connectivity index (χ0) is 30.2. The smallest absolute Gasteiger partial charge is 0.423 e. The number of fused-ring (bicyclic) bond motifs is 1. The van der Waals surface area contributed by atoms with Crippen molar-refractivity contribution in [2.75, 3.05) is 32.6 Å². The summed E-state index contributed by atoms with van der Waals surface area (Å²) in [4.78, 5) is 34.4. The monoisotopic (exact) mass is 591 g/mol. The number of nitrogens with zero attached hydrogens (tertiary/aromatic N) is 3. The number of rotatable bonds is 7. The summed E-state index contributed by atoms with van der Waals surface area (Å²) in [5.41, 5.74) is -0.961. The third kappa shape index (κ3) is 5.98. The van der Waals surface area contributed by atoms with E-state index in [9.17, 15) is 27.2 Å². The van der Waals surface area contributed by atoms with Crippen molar-refractivity contribution in [1.29, 1.82) is 0 Å². The summed E-state index contributed by atoms with van der Waals surface area (Å²) in [5.74, 6) is -3.52. The summed E-state index contributed by atoms with van der Waals surface area (Å²) in [5, 5.41) is 5.10. The van der Waals surface area contributed by atoms with Crippen LogP contribution in [0.4, 0.5) is 33.6 Å². The van der Waals surface area contributed by atoms with Crippen molar-refractivity contribution in [3.05, 3.63) is 64.6 Å². The van der Waals surface area contributed by atoms with Gasteiger partial charge in [-0.1, -0.05) is 12.1 Å². The Balaban J connectivity index is 1.42. The van der Waals surface area contributed by atoms with Crippen LogP contribution in [-0.2, 0) is 12.6 Å². The number of carbonyl (C=O) groups is 2. The molecular weight excluding hydrogens is 565 g/mol. The van der Waals surface area contributed by atoms with Gasteiger partial charge in [-0.2, -0.15) is 18.2 Å². The molecule has 2 aliphatic rings. The Morgan fingerprint density at radius 3 is 2.67 bits per heavy atom. The van der Waals surface area contributed by atoms with Crippen LogP contribution in [0.2, 0.25) is 0 Å². The summed E-state index contributed by atoms with van der Waals surface area (Å²) in [6.07, 6.45) is -4.72. The summed E-state index contributed by atoms with van der Waals surface area (Å²) in [7, 11) is 2.99. The maximum absolute atomic E-state index is 15.1. The van der Waals surface area contributed by atoms with E-state index in [0.29, 0.717) is 31.1 Å². The predicted molar refractivity (Wildman–Crippen MR) is 141 cm³/mol. The number of hydrogen-bond acceptors (Lipinski definition) is 8. The molecule has 1 aliphatic heterocycles. The Morgan fingerprint density at radius 2 is 1.95 bits per heavy atom. The molecule has 1 fully saturated rings. The largest absolute Gasteiger partial charge is 0.495 e. The van der Waals surface area contributed by atoms with Crippen molar-refractivity contribution in [3.8, 4) is 17.4 Å². The Bertz CT molecular complexity index is 1530. The number of benzene rings is 2. The molecule has 14 heteroatoms. The Kier molecular flexibility index (Phi) is 7.99. The minimum absolute atomic E-state index is 0.0563. The van der Waals surface area contributed by atoms with Gasteiger partial charge in [-0.15, -0.1) is 0 Å². The van der Waals surface area contributed by atoms with E-state index in [-0.39, 0.29) is 41.5 Å². The molecule has 2 heterocycles. The molecule has 0 radical (unpaired) electrons. The first kappa shape index (κ1) is 29.2. The number of piperidine rings is 1. The summed E-state index contributed by atoms with van der Waals surface area (Å²) in [6, 6.07) is 5.80. The number of aromatic nitrogens is 2. The van der Waals surface area contributed by atoms with Crippen molar-refractivity contribution >= 4 is 23.3 Å². The highest BCUT2D eigenvalue weighted by Gasteiger charge is 2.37. The normalized spacial score (nSPS) is 18.9. The van der Waals surface area contributed by atoms with Crippen LogP contribution in [0.5, 0.6) is 17.4 Å². The molecule has 2 N–H and O–H groups in total. The van der Waals surface area contributed by atoms with Crippen LogP contribution in [0.3, 0.4) is 0 Å². The van der Waals surface area contributed by atoms with Gasteiger partial charge in [0.1, 0.15) is 29.1 Å². The molecule has 1 saturated heterocycles. The number of anilines is 2. The molecule has 222 valence electrons. The van der Waals surface area contributed by atoms with Gasteiger partial charge in [-0.3, -0.25) is 9.59 Å². The number of hydrogen-bond donors (Lipinski definition) is 2. The molecule has 1 amide bonds. The molecule has 0 unspecified atom stereocenters. The number of nitrogens with one attached hydrogen (secondary N) is 2. The molecule has 2 atom stereocenters. The predicted octanol–water partition coefficient (Wildman–Crippen LogP) is 5.08. The van der Waals surface area contributed by atoms with Crippen molar-refractivity contribution in [1.82, 2.24) is 20.2 Å². The van der Waals surface area contributed by atoms with E-state index < -0.39 is 53.1 Å². The van der Waals surface area contributed by atoms with E-state index in [2.05, 4.69) is 20.6 Å². The third-order valence-electron chi connectivity index (χ3n) is 7.12. The molecule has 0 bridgehead atoms. The molecule has 2 aromatic carbocycles. The minimum Gasteiger partial charge on any atom is -0.495 e. The number of Topliss-reactive ketones (excluding diaryl/α,β-unsaturated/α-hetero) is 1. The van der Waals surface area contributed by atoms with Crippen LogP contribution in [0.15, 0.2) is 36.5 Å². The summed E-state index contributed by atoms with van der Waals surface area (Å²) in [6.45, 7) is 0.684. The summed E-state index contributed by atoms with van der Waals surface area (Å²) >= 11 is 0. The number of ketones is 1. The van der Waals surface area contributed by atoms with Crippen molar-refractivity contribution < 1.29 is 41.0 Å². The fourth-order valence-corrected chi connectivity index (χ4v) is 4.94. The van der Waals surface area contributed by atoms with E-state index in [0.717, 1.165) is 12.1 Å². The van der Waals surface area contributed by atoms with Gasteiger partial charge < -0.3 is 25.0 Å². The lowest BCUT2D eigenvalue weighted by atomic mass is 10.0. The lowest BCUT2D eigenvalue weighted by molar-refractivity contribution is -0.139. The molecule has 0 spiro atoms. The average Bonchev–Trinajstić information content (AvgIpc) is 3.31. The van der Waals surface area contributed by atoms with Gasteiger partial charge >= 0.3 is 6.18 Å². The van der Waals surface area contributed by atoms with E-state index in [4.69, 9.17) is 9.47 Å². The Hall–Kier alpha value is -4.33. The minimum atomic E-state index is -4.89. The van der Waals surface area contributed by atoms with E-state index in [1.807, 2.05) is 0 Å². The van der Waals surface area contributed by atoms with Gasteiger partial charge in [0.05, 0.1) is 30.0 Å². The van der Waals surface area contributed by atoms with Crippen molar-refractivity contribution in [2.24, 2.45) is 0 Å². The lowest BCUT2D eigenvalue weighted by Gasteiger charge is -2.32.